The Labute approximate surface area is 205 Å². The first-order valence-corrected chi connectivity index (χ1v) is 12.1. The summed E-state index contributed by atoms with van der Waals surface area (Å²) in [5.74, 6) is 0.738. The quantitative estimate of drug-likeness (QED) is 0.374. The van der Waals surface area contributed by atoms with Crippen molar-refractivity contribution in [2.24, 2.45) is 0 Å². The van der Waals surface area contributed by atoms with Crippen LogP contribution >= 0.6 is 0 Å². The summed E-state index contributed by atoms with van der Waals surface area (Å²) in [5, 5.41) is 7.84. The number of benzene rings is 1. The van der Waals surface area contributed by atoms with Crippen molar-refractivity contribution >= 4 is 12.0 Å². The molecule has 5 rings (SSSR count). The second-order valence-corrected chi connectivity index (χ2v) is 8.66. The van der Waals surface area contributed by atoms with Crippen molar-refractivity contribution in [1.82, 2.24) is 25.0 Å². The van der Waals surface area contributed by atoms with Gasteiger partial charge >= 0.3 is 0 Å². The van der Waals surface area contributed by atoms with Gasteiger partial charge < -0.3 is 9.73 Å². The van der Waals surface area contributed by atoms with E-state index in [9.17, 15) is 4.79 Å². The fourth-order valence-electron chi connectivity index (χ4n) is 4.49. The van der Waals surface area contributed by atoms with Crippen LogP contribution in [0.2, 0.25) is 0 Å². The van der Waals surface area contributed by atoms with Crippen molar-refractivity contribution in [3.8, 4) is 16.9 Å². The molecule has 0 unspecified atom stereocenters. The number of hydrogen-bond acceptors (Lipinski definition) is 5. The third-order valence-electron chi connectivity index (χ3n) is 6.29. The molecule has 1 aliphatic rings. The van der Waals surface area contributed by atoms with Crippen molar-refractivity contribution in [2.45, 2.75) is 25.3 Å². The molecule has 4 aromatic rings. The minimum atomic E-state index is -0.150. The number of pyridine rings is 1. The van der Waals surface area contributed by atoms with Gasteiger partial charge in [-0.3, -0.25) is 14.7 Å². The molecule has 0 radical (unpaired) electrons. The van der Waals surface area contributed by atoms with Crippen LogP contribution in [0.25, 0.3) is 23.0 Å². The molecule has 0 aliphatic carbocycles. The Morgan fingerprint density at radius 1 is 1.06 bits per heavy atom. The third-order valence-corrected chi connectivity index (χ3v) is 6.29. The standard InChI is InChI=1S/C28H29N5O2/c34-27(30-20-25(26-12-8-18-35-26)32-16-5-2-6-17-32)14-13-23-21-33(24-10-3-1-4-11-24)31-28(23)22-9-7-15-29-19-22/h1,3-4,7-15,18-19,21,25H,2,5-6,16-17,20H2,(H,30,34)/b14-13+/t25-/m0/s1. The maximum Gasteiger partial charge on any atom is 0.244 e. The summed E-state index contributed by atoms with van der Waals surface area (Å²) >= 11 is 0. The lowest BCUT2D eigenvalue weighted by Crippen LogP contribution is -2.40. The summed E-state index contributed by atoms with van der Waals surface area (Å²) in [6, 6.07) is 17.7. The maximum absolute atomic E-state index is 12.8. The smallest absolute Gasteiger partial charge is 0.244 e. The van der Waals surface area contributed by atoms with Gasteiger partial charge in [0.05, 0.1) is 18.0 Å². The average molecular weight is 468 g/mol. The van der Waals surface area contributed by atoms with Gasteiger partial charge in [0, 0.05) is 42.3 Å². The van der Waals surface area contributed by atoms with Crippen LogP contribution in [0.3, 0.4) is 0 Å². The van der Waals surface area contributed by atoms with E-state index in [1.165, 1.54) is 19.3 Å². The number of likely N-dealkylation sites (tertiary alicyclic amines) is 1. The minimum Gasteiger partial charge on any atom is -0.468 e. The number of amides is 1. The highest BCUT2D eigenvalue weighted by atomic mass is 16.3. The number of aromatic nitrogens is 3. The number of hydrogen-bond donors (Lipinski definition) is 1. The van der Waals surface area contributed by atoms with E-state index < -0.39 is 0 Å². The molecule has 0 saturated carbocycles. The zero-order valence-electron chi connectivity index (χ0n) is 19.6. The van der Waals surface area contributed by atoms with Gasteiger partial charge in [-0.05, 0) is 68.4 Å². The molecule has 178 valence electrons. The molecule has 4 heterocycles. The van der Waals surface area contributed by atoms with Crippen molar-refractivity contribution < 1.29 is 9.21 Å². The van der Waals surface area contributed by atoms with Gasteiger partial charge in [-0.1, -0.05) is 24.6 Å². The number of piperidine rings is 1. The molecule has 1 fully saturated rings. The molecule has 7 heteroatoms. The first-order chi connectivity index (χ1) is 17.3. The number of carbonyl (C=O) groups excluding carboxylic acids is 1. The topological polar surface area (TPSA) is 76.2 Å². The van der Waals surface area contributed by atoms with E-state index >= 15 is 0 Å². The molecule has 7 nitrogen and oxygen atoms in total. The molecule has 1 saturated heterocycles. The van der Waals surface area contributed by atoms with Crippen LogP contribution in [-0.4, -0.2) is 45.2 Å². The molecular formula is C28H29N5O2. The second-order valence-electron chi connectivity index (χ2n) is 8.66. The molecule has 0 bridgehead atoms. The fraction of sp³-hybridized carbons (Fsp3) is 0.250. The summed E-state index contributed by atoms with van der Waals surface area (Å²) in [6.45, 7) is 2.53. The number of furan rings is 1. The molecule has 35 heavy (non-hydrogen) atoms. The predicted octanol–water partition coefficient (Wildman–Crippen LogP) is 4.88. The number of para-hydroxylation sites is 1. The van der Waals surface area contributed by atoms with Gasteiger partial charge in [-0.25, -0.2) is 4.68 Å². The summed E-state index contributed by atoms with van der Waals surface area (Å²) < 4.78 is 7.51. The first-order valence-electron chi connectivity index (χ1n) is 12.1. The van der Waals surface area contributed by atoms with Gasteiger partial charge in [0.1, 0.15) is 11.5 Å². The first kappa shape index (κ1) is 22.8. The Morgan fingerprint density at radius 3 is 2.66 bits per heavy atom. The Bertz CT molecular complexity index is 1240. The molecular weight excluding hydrogens is 438 g/mol. The molecule has 3 aromatic heterocycles. The van der Waals surface area contributed by atoms with Gasteiger partial charge in [-0.15, -0.1) is 0 Å². The average Bonchev–Trinajstić information content (AvgIpc) is 3.60. The Kier molecular flexibility index (Phi) is 7.15. The predicted molar refractivity (Wildman–Crippen MR) is 136 cm³/mol. The molecule has 1 N–H and O–H groups in total. The van der Waals surface area contributed by atoms with Crippen LogP contribution in [0.5, 0.6) is 0 Å². The number of carbonyl (C=O) groups is 1. The van der Waals surface area contributed by atoms with E-state index in [-0.39, 0.29) is 11.9 Å². The molecule has 1 amide bonds. The normalized spacial score (nSPS) is 15.3. The van der Waals surface area contributed by atoms with E-state index in [1.54, 1.807) is 24.7 Å². The lowest BCUT2D eigenvalue weighted by atomic mass is 10.1. The van der Waals surface area contributed by atoms with Crippen LogP contribution < -0.4 is 5.32 Å². The Balaban J connectivity index is 1.33. The van der Waals surface area contributed by atoms with Crippen LogP contribution in [0.4, 0.5) is 0 Å². The van der Waals surface area contributed by atoms with Crippen molar-refractivity contribution in [1.29, 1.82) is 0 Å². The summed E-state index contributed by atoms with van der Waals surface area (Å²) in [4.78, 5) is 19.4. The second kappa shape index (κ2) is 11.0. The van der Waals surface area contributed by atoms with E-state index in [0.29, 0.717) is 6.54 Å². The molecule has 1 aliphatic heterocycles. The van der Waals surface area contributed by atoms with Crippen LogP contribution in [0.15, 0.2) is 89.9 Å². The highest BCUT2D eigenvalue weighted by molar-refractivity contribution is 5.92. The lowest BCUT2D eigenvalue weighted by molar-refractivity contribution is -0.116. The summed E-state index contributed by atoms with van der Waals surface area (Å²) in [6.07, 6.45) is 14.1. The highest BCUT2D eigenvalue weighted by Gasteiger charge is 2.24. The van der Waals surface area contributed by atoms with E-state index in [2.05, 4.69) is 15.2 Å². The summed E-state index contributed by atoms with van der Waals surface area (Å²) in [5.41, 5.74) is 3.46. The monoisotopic (exact) mass is 467 g/mol. The Hall–Kier alpha value is -3.97. The summed E-state index contributed by atoms with van der Waals surface area (Å²) in [7, 11) is 0. The third kappa shape index (κ3) is 5.58. The fourth-order valence-corrected chi connectivity index (χ4v) is 4.49. The lowest BCUT2D eigenvalue weighted by Gasteiger charge is -2.33. The Morgan fingerprint density at radius 2 is 1.91 bits per heavy atom. The van der Waals surface area contributed by atoms with Crippen molar-refractivity contribution in [3.05, 3.63) is 96.9 Å². The van der Waals surface area contributed by atoms with E-state index in [4.69, 9.17) is 9.52 Å². The van der Waals surface area contributed by atoms with Crippen molar-refractivity contribution in [3.63, 3.8) is 0 Å². The number of rotatable bonds is 8. The van der Waals surface area contributed by atoms with Crippen LogP contribution in [0.1, 0.15) is 36.6 Å². The number of nitrogens with zero attached hydrogens (tertiary/aromatic N) is 4. The molecule has 0 spiro atoms. The largest absolute Gasteiger partial charge is 0.468 e. The highest BCUT2D eigenvalue weighted by Crippen LogP contribution is 2.26. The van der Waals surface area contributed by atoms with Gasteiger partial charge in [0.2, 0.25) is 5.91 Å². The van der Waals surface area contributed by atoms with Crippen LogP contribution in [0, 0.1) is 0 Å². The maximum atomic E-state index is 12.8. The van der Waals surface area contributed by atoms with Gasteiger partial charge in [0.25, 0.3) is 0 Å². The number of nitrogens with one attached hydrogen (secondary N) is 1. The van der Waals surface area contributed by atoms with Gasteiger partial charge in [-0.2, -0.15) is 5.10 Å². The van der Waals surface area contributed by atoms with Crippen molar-refractivity contribution in [2.75, 3.05) is 19.6 Å². The molecule has 1 atom stereocenters. The van der Waals surface area contributed by atoms with Crippen LogP contribution in [-0.2, 0) is 4.79 Å². The van der Waals surface area contributed by atoms with E-state index in [1.807, 2.05) is 71.6 Å². The zero-order valence-corrected chi connectivity index (χ0v) is 19.6. The molecule has 1 aromatic carbocycles. The zero-order chi connectivity index (χ0) is 23.9. The SMILES string of the molecule is O=C(/C=C/c1cn(-c2ccccc2)nc1-c1cccnc1)NC[C@@H](c1ccco1)N1CCCCC1. The minimum absolute atomic E-state index is 0.0365. The van der Waals surface area contributed by atoms with E-state index in [0.717, 1.165) is 41.4 Å². The van der Waals surface area contributed by atoms with Gasteiger partial charge in [0.15, 0.2) is 0 Å².